The molecule has 2 heteroatoms. The molecular formula is C11H18N2. The summed E-state index contributed by atoms with van der Waals surface area (Å²) in [6, 6.07) is 0.616. The summed E-state index contributed by atoms with van der Waals surface area (Å²) >= 11 is 0. The largest absolute Gasteiger partial charge is 0.288 e. The van der Waals surface area contributed by atoms with Gasteiger partial charge in [-0.15, -0.1) is 0 Å². The molecule has 1 aliphatic carbocycles. The van der Waals surface area contributed by atoms with Crippen molar-refractivity contribution in [2.45, 2.75) is 45.2 Å². The second kappa shape index (κ2) is 2.86. The van der Waals surface area contributed by atoms with Crippen molar-refractivity contribution in [1.29, 1.82) is 0 Å². The summed E-state index contributed by atoms with van der Waals surface area (Å²) in [6.07, 6.45) is 9.11. The van der Waals surface area contributed by atoms with Crippen LogP contribution in [0.2, 0.25) is 0 Å². The number of fused-ring (bicyclic) bond motifs is 1. The van der Waals surface area contributed by atoms with Crippen molar-refractivity contribution in [1.82, 2.24) is 5.01 Å². The van der Waals surface area contributed by atoms with E-state index in [1.807, 2.05) is 0 Å². The minimum Gasteiger partial charge on any atom is -0.288 e. The summed E-state index contributed by atoms with van der Waals surface area (Å²) in [7, 11) is 0. The molecule has 0 radical (unpaired) electrons. The fraction of sp³-hybridized carbons (Fsp3) is 0.727. The second-order valence-electron chi connectivity index (χ2n) is 4.93. The van der Waals surface area contributed by atoms with Crippen LogP contribution in [0.15, 0.2) is 17.3 Å². The van der Waals surface area contributed by atoms with Gasteiger partial charge in [0.1, 0.15) is 0 Å². The van der Waals surface area contributed by atoms with Crippen LogP contribution in [0, 0.1) is 5.92 Å². The van der Waals surface area contributed by atoms with Crippen molar-refractivity contribution in [3.8, 4) is 0 Å². The molecule has 2 atom stereocenters. The fourth-order valence-corrected chi connectivity index (χ4v) is 2.18. The van der Waals surface area contributed by atoms with Crippen LogP contribution in [-0.4, -0.2) is 22.8 Å². The first-order valence-electron chi connectivity index (χ1n) is 5.09. The van der Waals surface area contributed by atoms with E-state index in [0.717, 1.165) is 0 Å². The summed E-state index contributed by atoms with van der Waals surface area (Å²) in [6.45, 7) is 6.68. The van der Waals surface area contributed by atoms with E-state index >= 15 is 0 Å². The number of nitrogens with zero attached hydrogens (tertiary/aromatic N) is 2. The van der Waals surface area contributed by atoms with E-state index in [4.69, 9.17) is 0 Å². The third-order valence-corrected chi connectivity index (χ3v) is 2.80. The van der Waals surface area contributed by atoms with Crippen LogP contribution < -0.4 is 0 Å². The Balaban J connectivity index is 2.18. The van der Waals surface area contributed by atoms with Gasteiger partial charge in [0.2, 0.25) is 0 Å². The standard InChI is InChI=1S/C11H18N2/c1-11(2,3)13-10-7-5-4-6-9(10)8-12-13/h4,6,8-10H,5,7H2,1-3H3. The molecular weight excluding hydrogens is 160 g/mol. The van der Waals surface area contributed by atoms with E-state index in [9.17, 15) is 0 Å². The zero-order valence-electron chi connectivity index (χ0n) is 8.70. The minimum atomic E-state index is 0.168. The molecule has 0 aromatic rings. The molecule has 13 heavy (non-hydrogen) atoms. The quantitative estimate of drug-likeness (QED) is 0.520. The Morgan fingerprint density at radius 1 is 1.38 bits per heavy atom. The Morgan fingerprint density at radius 3 is 2.85 bits per heavy atom. The smallest absolute Gasteiger partial charge is 0.0592 e. The molecule has 72 valence electrons. The Kier molecular flexibility index (Phi) is 1.94. The lowest BCUT2D eigenvalue weighted by atomic mass is 9.90. The molecule has 0 aromatic heterocycles. The van der Waals surface area contributed by atoms with Crippen molar-refractivity contribution in [2.24, 2.45) is 11.0 Å². The molecule has 0 saturated heterocycles. The number of hydrogen-bond acceptors (Lipinski definition) is 2. The predicted octanol–water partition coefficient (Wildman–Crippen LogP) is 2.42. The van der Waals surface area contributed by atoms with Crippen LogP contribution >= 0.6 is 0 Å². The molecule has 0 fully saturated rings. The highest BCUT2D eigenvalue weighted by atomic mass is 15.5. The van der Waals surface area contributed by atoms with Crippen molar-refractivity contribution < 1.29 is 0 Å². The molecule has 0 amide bonds. The maximum atomic E-state index is 4.51. The van der Waals surface area contributed by atoms with Crippen molar-refractivity contribution >= 4 is 6.21 Å². The Morgan fingerprint density at radius 2 is 2.15 bits per heavy atom. The molecule has 1 heterocycles. The van der Waals surface area contributed by atoms with Crippen molar-refractivity contribution in [2.75, 3.05) is 0 Å². The molecule has 2 unspecified atom stereocenters. The van der Waals surface area contributed by atoms with E-state index in [1.54, 1.807) is 0 Å². The van der Waals surface area contributed by atoms with Crippen LogP contribution in [0.4, 0.5) is 0 Å². The lowest BCUT2D eigenvalue weighted by molar-refractivity contribution is 0.0867. The highest BCUT2D eigenvalue weighted by Crippen LogP contribution is 2.32. The minimum absolute atomic E-state index is 0.168. The van der Waals surface area contributed by atoms with Gasteiger partial charge in [0.25, 0.3) is 0 Å². The lowest BCUT2D eigenvalue weighted by Crippen LogP contribution is -2.44. The maximum Gasteiger partial charge on any atom is 0.0592 e. The first-order chi connectivity index (χ1) is 6.09. The first kappa shape index (κ1) is 8.79. The zero-order chi connectivity index (χ0) is 9.47. The molecule has 2 nitrogen and oxygen atoms in total. The van der Waals surface area contributed by atoms with E-state index in [1.165, 1.54) is 12.8 Å². The van der Waals surface area contributed by atoms with Gasteiger partial charge in [0.05, 0.1) is 6.04 Å². The summed E-state index contributed by atoms with van der Waals surface area (Å²) in [4.78, 5) is 0. The van der Waals surface area contributed by atoms with Crippen LogP contribution in [-0.2, 0) is 0 Å². The second-order valence-corrected chi connectivity index (χ2v) is 4.93. The van der Waals surface area contributed by atoms with Gasteiger partial charge in [-0.05, 0) is 33.6 Å². The summed E-state index contributed by atoms with van der Waals surface area (Å²) in [5, 5.41) is 6.77. The number of allylic oxidation sites excluding steroid dienone is 1. The fourth-order valence-electron chi connectivity index (χ4n) is 2.18. The average molecular weight is 178 g/mol. The highest BCUT2D eigenvalue weighted by molar-refractivity contribution is 5.66. The summed E-state index contributed by atoms with van der Waals surface area (Å²) < 4.78 is 0. The van der Waals surface area contributed by atoms with Gasteiger partial charge in [-0.25, -0.2) is 0 Å². The third kappa shape index (κ3) is 1.50. The van der Waals surface area contributed by atoms with E-state index in [0.29, 0.717) is 12.0 Å². The van der Waals surface area contributed by atoms with Crippen LogP contribution in [0.3, 0.4) is 0 Å². The molecule has 0 spiro atoms. The number of hydrazone groups is 1. The predicted molar refractivity (Wildman–Crippen MR) is 55.7 cm³/mol. The van der Waals surface area contributed by atoms with Gasteiger partial charge in [-0.2, -0.15) is 5.10 Å². The maximum absolute atomic E-state index is 4.51. The van der Waals surface area contributed by atoms with Gasteiger partial charge in [-0.1, -0.05) is 12.2 Å². The van der Waals surface area contributed by atoms with Gasteiger partial charge < -0.3 is 0 Å². The van der Waals surface area contributed by atoms with Crippen LogP contribution in [0.25, 0.3) is 0 Å². The van der Waals surface area contributed by atoms with E-state index in [-0.39, 0.29) is 5.54 Å². The molecule has 0 N–H and O–H groups in total. The summed E-state index contributed by atoms with van der Waals surface area (Å²) in [5.74, 6) is 0.563. The lowest BCUT2D eigenvalue weighted by Gasteiger charge is -2.38. The molecule has 0 saturated carbocycles. The average Bonchev–Trinajstić information content (AvgIpc) is 2.45. The molecule has 2 rings (SSSR count). The van der Waals surface area contributed by atoms with E-state index in [2.05, 4.69) is 49.2 Å². The van der Waals surface area contributed by atoms with Gasteiger partial charge in [0.15, 0.2) is 0 Å². The zero-order valence-corrected chi connectivity index (χ0v) is 8.70. The first-order valence-corrected chi connectivity index (χ1v) is 5.09. The van der Waals surface area contributed by atoms with Crippen LogP contribution in [0.1, 0.15) is 33.6 Å². The highest BCUT2D eigenvalue weighted by Gasteiger charge is 2.36. The normalized spacial score (nSPS) is 32.4. The third-order valence-electron chi connectivity index (χ3n) is 2.80. The number of hydrogen-bond donors (Lipinski definition) is 0. The molecule has 1 aliphatic heterocycles. The SMILES string of the molecule is CC(C)(C)N1N=CC2C=CCCC21. The Hall–Kier alpha value is -0.790. The number of rotatable bonds is 0. The van der Waals surface area contributed by atoms with Crippen molar-refractivity contribution in [3.05, 3.63) is 12.2 Å². The Labute approximate surface area is 80.3 Å². The summed E-state index contributed by atoms with van der Waals surface area (Å²) in [5.41, 5.74) is 0.168. The van der Waals surface area contributed by atoms with Gasteiger partial charge in [0, 0.05) is 17.7 Å². The molecule has 2 aliphatic rings. The van der Waals surface area contributed by atoms with E-state index < -0.39 is 0 Å². The monoisotopic (exact) mass is 178 g/mol. The topological polar surface area (TPSA) is 15.6 Å². The molecule has 0 aromatic carbocycles. The van der Waals surface area contributed by atoms with Crippen molar-refractivity contribution in [3.63, 3.8) is 0 Å². The van der Waals surface area contributed by atoms with Gasteiger partial charge in [-0.3, -0.25) is 5.01 Å². The molecule has 0 bridgehead atoms. The Bertz CT molecular complexity index is 247. The van der Waals surface area contributed by atoms with Gasteiger partial charge >= 0.3 is 0 Å². The van der Waals surface area contributed by atoms with Crippen LogP contribution in [0.5, 0.6) is 0 Å².